The van der Waals surface area contributed by atoms with Gasteiger partial charge in [-0.2, -0.15) is 17.0 Å². The molecule has 0 aromatic rings. The fraction of sp³-hybridized carbons (Fsp3) is 1.00. The molecule has 0 amide bonds. The molecule has 0 aromatic carbocycles. The summed E-state index contributed by atoms with van der Waals surface area (Å²) in [5.74, 6) is 0.445. The minimum Gasteiger partial charge on any atom is -0.379 e. The maximum Gasteiger partial charge on any atom is 0.282 e. The van der Waals surface area contributed by atoms with Crippen molar-refractivity contribution in [2.45, 2.75) is 18.9 Å². The van der Waals surface area contributed by atoms with Gasteiger partial charge in [-0.1, -0.05) is 0 Å². The van der Waals surface area contributed by atoms with Gasteiger partial charge in [0.15, 0.2) is 0 Å². The van der Waals surface area contributed by atoms with Crippen LogP contribution in [-0.4, -0.2) is 63.0 Å². The molecule has 0 radical (unpaired) electrons. The van der Waals surface area contributed by atoms with E-state index in [0.717, 1.165) is 12.8 Å². The highest BCUT2D eigenvalue weighted by Gasteiger charge is 2.40. The van der Waals surface area contributed by atoms with Gasteiger partial charge in [-0.25, -0.2) is 0 Å². The van der Waals surface area contributed by atoms with E-state index in [9.17, 15) is 8.42 Å². The van der Waals surface area contributed by atoms with Gasteiger partial charge in [-0.05, 0) is 18.8 Å². The highest BCUT2D eigenvalue weighted by Crippen LogP contribution is 2.35. The van der Waals surface area contributed by atoms with E-state index in [4.69, 9.17) is 10.5 Å². The third-order valence-electron chi connectivity index (χ3n) is 3.53. The average molecular weight is 263 g/mol. The highest BCUT2D eigenvalue weighted by atomic mass is 32.2. The van der Waals surface area contributed by atoms with E-state index in [-0.39, 0.29) is 6.04 Å². The molecule has 1 aliphatic heterocycles. The van der Waals surface area contributed by atoms with Crippen LogP contribution in [0.5, 0.6) is 0 Å². The number of morpholine rings is 1. The third kappa shape index (κ3) is 2.79. The van der Waals surface area contributed by atoms with Gasteiger partial charge in [0.25, 0.3) is 10.2 Å². The summed E-state index contributed by atoms with van der Waals surface area (Å²) in [4.78, 5) is 0. The van der Waals surface area contributed by atoms with E-state index >= 15 is 0 Å². The molecule has 0 bridgehead atoms. The van der Waals surface area contributed by atoms with Crippen LogP contribution in [0.4, 0.5) is 0 Å². The minimum absolute atomic E-state index is 0.0529. The maximum atomic E-state index is 12.4. The molecule has 0 spiro atoms. The summed E-state index contributed by atoms with van der Waals surface area (Å²) >= 11 is 0. The van der Waals surface area contributed by atoms with Crippen molar-refractivity contribution in [3.8, 4) is 0 Å². The Morgan fingerprint density at radius 3 is 2.47 bits per heavy atom. The van der Waals surface area contributed by atoms with Crippen LogP contribution >= 0.6 is 0 Å². The normalized spacial score (nSPS) is 25.1. The molecule has 1 saturated carbocycles. The molecule has 1 atom stereocenters. The van der Waals surface area contributed by atoms with Crippen LogP contribution in [0.2, 0.25) is 0 Å². The molecule has 1 saturated heterocycles. The number of ether oxygens (including phenoxy) is 1. The Hall–Kier alpha value is -0.210. The van der Waals surface area contributed by atoms with Crippen molar-refractivity contribution < 1.29 is 13.2 Å². The first-order valence-corrected chi connectivity index (χ1v) is 7.48. The second-order valence-corrected chi connectivity index (χ2v) is 6.66. The first-order valence-electron chi connectivity index (χ1n) is 6.08. The Labute approximate surface area is 103 Å². The Balaban J connectivity index is 2.07. The summed E-state index contributed by atoms with van der Waals surface area (Å²) in [5, 5.41) is 0. The zero-order valence-corrected chi connectivity index (χ0v) is 11.0. The lowest BCUT2D eigenvalue weighted by Crippen LogP contribution is -2.52. The zero-order valence-electron chi connectivity index (χ0n) is 10.2. The van der Waals surface area contributed by atoms with Crippen LogP contribution in [0.3, 0.4) is 0 Å². The van der Waals surface area contributed by atoms with Crippen LogP contribution in [-0.2, 0) is 14.9 Å². The van der Waals surface area contributed by atoms with Gasteiger partial charge in [0.2, 0.25) is 0 Å². The second-order valence-electron chi connectivity index (χ2n) is 4.68. The molecule has 2 rings (SSSR count). The topological polar surface area (TPSA) is 75.9 Å². The smallest absolute Gasteiger partial charge is 0.282 e. The molecule has 1 heterocycles. The van der Waals surface area contributed by atoms with Crippen molar-refractivity contribution in [2.75, 3.05) is 39.9 Å². The monoisotopic (exact) mass is 263 g/mol. The van der Waals surface area contributed by atoms with Crippen molar-refractivity contribution in [1.82, 2.24) is 8.61 Å². The van der Waals surface area contributed by atoms with E-state index in [1.807, 2.05) is 0 Å². The van der Waals surface area contributed by atoms with Crippen LogP contribution in [0, 0.1) is 5.92 Å². The molecular formula is C10H21N3O3S. The fourth-order valence-electron chi connectivity index (χ4n) is 2.25. The lowest BCUT2D eigenvalue weighted by Gasteiger charge is -2.34. The Morgan fingerprint density at radius 2 is 2.00 bits per heavy atom. The fourth-order valence-corrected chi connectivity index (χ4v) is 3.82. The summed E-state index contributed by atoms with van der Waals surface area (Å²) < 4.78 is 32.8. The van der Waals surface area contributed by atoms with Crippen LogP contribution < -0.4 is 5.73 Å². The SMILES string of the molecule is CN(C(CN)C1CC1)S(=O)(=O)N1CCOCC1. The second kappa shape index (κ2) is 5.19. The summed E-state index contributed by atoms with van der Waals surface area (Å²) in [6, 6.07) is -0.0529. The first kappa shape index (κ1) is 13.2. The Morgan fingerprint density at radius 1 is 1.41 bits per heavy atom. The van der Waals surface area contributed by atoms with E-state index in [1.165, 1.54) is 8.61 Å². The predicted molar refractivity (Wildman–Crippen MR) is 64.6 cm³/mol. The molecule has 100 valence electrons. The van der Waals surface area contributed by atoms with Crippen molar-refractivity contribution in [1.29, 1.82) is 0 Å². The van der Waals surface area contributed by atoms with Crippen LogP contribution in [0.25, 0.3) is 0 Å². The molecule has 6 nitrogen and oxygen atoms in total. The van der Waals surface area contributed by atoms with Gasteiger partial charge in [0.1, 0.15) is 0 Å². The zero-order chi connectivity index (χ0) is 12.5. The van der Waals surface area contributed by atoms with Crippen LogP contribution in [0.1, 0.15) is 12.8 Å². The molecule has 2 aliphatic rings. The van der Waals surface area contributed by atoms with Gasteiger partial charge in [0.05, 0.1) is 13.2 Å². The maximum absolute atomic E-state index is 12.4. The number of rotatable bonds is 5. The summed E-state index contributed by atoms with van der Waals surface area (Å²) in [5.41, 5.74) is 5.69. The third-order valence-corrected chi connectivity index (χ3v) is 5.55. The number of hydrogen-bond donors (Lipinski definition) is 1. The minimum atomic E-state index is -3.37. The Bertz CT molecular complexity index is 350. The van der Waals surface area contributed by atoms with E-state index in [1.54, 1.807) is 7.05 Å². The lowest BCUT2D eigenvalue weighted by molar-refractivity contribution is 0.0697. The van der Waals surface area contributed by atoms with Gasteiger partial charge >= 0.3 is 0 Å². The molecule has 2 N–H and O–H groups in total. The van der Waals surface area contributed by atoms with Gasteiger partial charge < -0.3 is 10.5 Å². The summed E-state index contributed by atoms with van der Waals surface area (Å²) in [6.07, 6.45) is 2.18. The standard InChI is InChI=1S/C10H21N3O3S/c1-12(10(8-11)9-2-3-9)17(14,15)13-4-6-16-7-5-13/h9-10H,2-8,11H2,1H3. The van der Waals surface area contributed by atoms with E-state index < -0.39 is 10.2 Å². The van der Waals surface area contributed by atoms with E-state index in [0.29, 0.717) is 38.8 Å². The number of nitrogens with zero attached hydrogens (tertiary/aromatic N) is 2. The number of hydrogen-bond acceptors (Lipinski definition) is 4. The van der Waals surface area contributed by atoms with Gasteiger partial charge in [-0.15, -0.1) is 0 Å². The molecule has 1 unspecified atom stereocenters. The average Bonchev–Trinajstić information content (AvgIpc) is 3.15. The van der Waals surface area contributed by atoms with Crippen molar-refractivity contribution in [3.05, 3.63) is 0 Å². The lowest BCUT2D eigenvalue weighted by atomic mass is 10.2. The molecule has 7 heteroatoms. The number of nitrogens with two attached hydrogens (primary N) is 1. The summed E-state index contributed by atoms with van der Waals surface area (Å²) in [7, 11) is -1.73. The van der Waals surface area contributed by atoms with Crippen LogP contribution in [0.15, 0.2) is 0 Å². The molecule has 0 aromatic heterocycles. The van der Waals surface area contributed by atoms with Crippen molar-refractivity contribution in [3.63, 3.8) is 0 Å². The summed E-state index contributed by atoms with van der Waals surface area (Å²) in [6.45, 7) is 2.22. The van der Waals surface area contributed by atoms with Gasteiger partial charge in [0, 0.05) is 32.7 Å². The molecule has 2 fully saturated rings. The largest absolute Gasteiger partial charge is 0.379 e. The predicted octanol–water partition coefficient (Wildman–Crippen LogP) is -0.767. The highest BCUT2D eigenvalue weighted by molar-refractivity contribution is 7.86. The number of likely N-dealkylation sites (N-methyl/N-ethyl adjacent to an activating group) is 1. The quantitative estimate of drug-likeness (QED) is 0.707. The first-order chi connectivity index (χ1) is 8.07. The van der Waals surface area contributed by atoms with Gasteiger partial charge in [-0.3, -0.25) is 0 Å². The Kier molecular flexibility index (Phi) is 4.04. The molecular weight excluding hydrogens is 242 g/mol. The molecule has 1 aliphatic carbocycles. The van der Waals surface area contributed by atoms with E-state index in [2.05, 4.69) is 0 Å². The van der Waals surface area contributed by atoms with Crippen molar-refractivity contribution >= 4 is 10.2 Å². The molecule has 17 heavy (non-hydrogen) atoms. The van der Waals surface area contributed by atoms with Crippen molar-refractivity contribution in [2.24, 2.45) is 11.7 Å².